The van der Waals surface area contributed by atoms with E-state index in [1.54, 1.807) is 0 Å². The molecule has 0 bridgehead atoms. The molecule has 70 valence electrons. The summed E-state index contributed by atoms with van der Waals surface area (Å²) in [4.78, 5) is 2.34. The molecule has 0 aromatic carbocycles. The van der Waals surface area contributed by atoms with Gasteiger partial charge in [-0.25, -0.2) is 0 Å². The van der Waals surface area contributed by atoms with Crippen molar-refractivity contribution in [3.05, 3.63) is 5.73 Å². The van der Waals surface area contributed by atoms with Crippen molar-refractivity contribution < 1.29 is 40.8 Å². The molecule has 0 saturated heterocycles. The van der Waals surface area contributed by atoms with E-state index in [0.717, 1.165) is 26.1 Å². The Morgan fingerprint density at radius 1 is 1.09 bits per heavy atom. The van der Waals surface area contributed by atoms with Gasteiger partial charge in [0.15, 0.2) is 0 Å². The minimum atomic E-state index is 0. The van der Waals surface area contributed by atoms with E-state index in [-0.39, 0.29) is 40.8 Å². The van der Waals surface area contributed by atoms with Crippen molar-refractivity contribution in [3.63, 3.8) is 0 Å². The van der Waals surface area contributed by atoms with E-state index in [4.69, 9.17) is 5.73 Å². The van der Waals surface area contributed by atoms with Crippen molar-refractivity contribution in [2.75, 3.05) is 26.2 Å². The largest absolute Gasteiger partial charge is 0.677 e. The van der Waals surface area contributed by atoms with Crippen LogP contribution in [0.1, 0.15) is 20.3 Å². The zero-order valence-electron chi connectivity index (χ0n) is 7.24. The Kier molecular flexibility index (Phi) is 22.7. The maximum absolute atomic E-state index is 6.92. The first-order chi connectivity index (χ1) is 4.35. The van der Waals surface area contributed by atoms with Crippen molar-refractivity contribution in [1.29, 1.82) is 0 Å². The number of nitrogens with one attached hydrogen (secondary N) is 1. The van der Waals surface area contributed by atoms with Gasteiger partial charge in [-0.1, -0.05) is 20.3 Å². The predicted octanol–water partition coefficient (Wildman–Crippen LogP) is 1.77. The van der Waals surface area contributed by atoms with Crippen LogP contribution in [0.4, 0.5) is 0 Å². The van der Waals surface area contributed by atoms with Gasteiger partial charge in [0.2, 0.25) is 0 Å². The SMILES string of the molecule is CCN(CC)CCC[NH-].[Re].[Re]. The summed E-state index contributed by atoms with van der Waals surface area (Å²) in [6.07, 6.45) is 1.02. The molecule has 0 fully saturated rings. The van der Waals surface area contributed by atoms with Crippen molar-refractivity contribution in [3.8, 4) is 0 Å². The summed E-state index contributed by atoms with van der Waals surface area (Å²) in [6.45, 7) is 8.22. The molecule has 0 amide bonds. The smallest absolute Gasteiger partial charge is 0 e. The van der Waals surface area contributed by atoms with Crippen LogP contribution in [0.3, 0.4) is 0 Å². The zero-order chi connectivity index (χ0) is 7.11. The molecule has 0 saturated carbocycles. The average molecular weight is 502 g/mol. The van der Waals surface area contributed by atoms with Gasteiger partial charge < -0.3 is 10.6 Å². The van der Waals surface area contributed by atoms with Crippen LogP contribution < -0.4 is 0 Å². The van der Waals surface area contributed by atoms with Crippen molar-refractivity contribution in [2.24, 2.45) is 0 Å². The topological polar surface area (TPSA) is 27.0 Å². The molecular formula is C7H17N2Re2-. The molecule has 1 N–H and O–H groups in total. The molecule has 0 rings (SSSR count). The quantitative estimate of drug-likeness (QED) is 0.564. The maximum atomic E-state index is 6.92. The molecule has 0 aliphatic carbocycles. The minimum Gasteiger partial charge on any atom is -0.677 e. The molecule has 0 aromatic rings. The molecular weight excluding hydrogens is 485 g/mol. The Labute approximate surface area is 97.6 Å². The molecule has 0 aliphatic heterocycles. The van der Waals surface area contributed by atoms with E-state index in [2.05, 4.69) is 18.7 Å². The van der Waals surface area contributed by atoms with Crippen LogP contribution in [0.15, 0.2) is 0 Å². The fourth-order valence-electron chi connectivity index (χ4n) is 0.842. The molecule has 2 radical (unpaired) electrons. The van der Waals surface area contributed by atoms with E-state index in [1.165, 1.54) is 0 Å². The summed E-state index contributed by atoms with van der Waals surface area (Å²) in [6, 6.07) is 0. The Balaban J connectivity index is -0.000000320. The van der Waals surface area contributed by atoms with Crippen LogP contribution in [0.5, 0.6) is 0 Å². The second-order valence-corrected chi connectivity index (χ2v) is 2.13. The second kappa shape index (κ2) is 13.8. The molecule has 4 heteroatoms. The van der Waals surface area contributed by atoms with Gasteiger partial charge in [0.1, 0.15) is 0 Å². The molecule has 2 nitrogen and oxygen atoms in total. The van der Waals surface area contributed by atoms with Crippen molar-refractivity contribution >= 4 is 0 Å². The Morgan fingerprint density at radius 3 is 1.82 bits per heavy atom. The van der Waals surface area contributed by atoms with Crippen LogP contribution in [-0.4, -0.2) is 31.1 Å². The van der Waals surface area contributed by atoms with Gasteiger partial charge in [0.05, 0.1) is 0 Å². The van der Waals surface area contributed by atoms with E-state index in [0.29, 0.717) is 6.54 Å². The first kappa shape index (κ1) is 18.1. The van der Waals surface area contributed by atoms with Gasteiger partial charge in [-0.05, 0) is 19.6 Å². The molecule has 0 unspecified atom stereocenters. The van der Waals surface area contributed by atoms with Crippen LogP contribution in [0.2, 0.25) is 0 Å². The Hall–Kier alpha value is 1.24. The standard InChI is InChI=1S/C7H17N2.2Re/c1-3-9(4-2)7-5-6-8;;/h8H,3-7H2,1-2H3;;/q-1;;. The van der Waals surface area contributed by atoms with Crippen LogP contribution in [0, 0.1) is 0 Å². The second-order valence-electron chi connectivity index (χ2n) is 2.13. The molecule has 0 atom stereocenters. The summed E-state index contributed by atoms with van der Waals surface area (Å²) in [5, 5.41) is 0. The number of nitrogens with zero attached hydrogens (tertiary/aromatic N) is 1. The van der Waals surface area contributed by atoms with Crippen LogP contribution in [0.25, 0.3) is 5.73 Å². The van der Waals surface area contributed by atoms with Crippen LogP contribution >= 0.6 is 0 Å². The third-order valence-corrected chi connectivity index (χ3v) is 1.55. The van der Waals surface area contributed by atoms with Crippen LogP contribution in [-0.2, 0) is 40.8 Å². The molecule has 0 spiro atoms. The first-order valence-corrected chi connectivity index (χ1v) is 3.72. The number of hydrogen-bond donors (Lipinski definition) is 0. The van der Waals surface area contributed by atoms with Crippen molar-refractivity contribution in [1.82, 2.24) is 4.90 Å². The number of rotatable bonds is 5. The van der Waals surface area contributed by atoms with Crippen molar-refractivity contribution in [2.45, 2.75) is 20.3 Å². The molecule has 0 aromatic heterocycles. The summed E-state index contributed by atoms with van der Waals surface area (Å²) in [7, 11) is 0. The van der Waals surface area contributed by atoms with Gasteiger partial charge in [0.25, 0.3) is 0 Å². The molecule has 11 heavy (non-hydrogen) atoms. The summed E-state index contributed by atoms with van der Waals surface area (Å²) in [5.41, 5.74) is 6.92. The average Bonchev–Trinajstić information content (AvgIpc) is 1.91. The number of hydrogen-bond acceptors (Lipinski definition) is 1. The molecule has 0 aliphatic rings. The maximum Gasteiger partial charge on any atom is 0 e. The first-order valence-electron chi connectivity index (χ1n) is 3.72. The fraction of sp³-hybridized carbons (Fsp3) is 1.00. The van der Waals surface area contributed by atoms with E-state index in [1.807, 2.05) is 0 Å². The zero-order valence-corrected chi connectivity index (χ0v) is 12.7. The summed E-state index contributed by atoms with van der Waals surface area (Å²) >= 11 is 0. The third kappa shape index (κ3) is 11.2. The monoisotopic (exact) mass is 503 g/mol. The van der Waals surface area contributed by atoms with Gasteiger partial charge in [0, 0.05) is 40.8 Å². The van der Waals surface area contributed by atoms with Gasteiger partial charge in [-0.15, -0.1) is 6.54 Å². The molecule has 0 heterocycles. The minimum absolute atomic E-state index is 0. The fourth-order valence-corrected chi connectivity index (χ4v) is 0.842. The Morgan fingerprint density at radius 2 is 1.55 bits per heavy atom. The van der Waals surface area contributed by atoms with E-state index >= 15 is 0 Å². The van der Waals surface area contributed by atoms with Gasteiger partial charge in [-0.3, -0.25) is 0 Å². The van der Waals surface area contributed by atoms with Gasteiger partial charge in [-0.2, -0.15) is 0 Å². The summed E-state index contributed by atoms with van der Waals surface area (Å²) in [5.74, 6) is 0. The predicted molar refractivity (Wildman–Crippen MR) is 41.6 cm³/mol. The van der Waals surface area contributed by atoms with E-state index in [9.17, 15) is 0 Å². The summed E-state index contributed by atoms with van der Waals surface area (Å²) < 4.78 is 0. The van der Waals surface area contributed by atoms with E-state index < -0.39 is 0 Å². The third-order valence-electron chi connectivity index (χ3n) is 1.55. The van der Waals surface area contributed by atoms with Gasteiger partial charge >= 0.3 is 0 Å². The Bertz CT molecular complexity index is 58.4. The normalized spacial score (nSPS) is 8.73.